The molecule has 0 spiro atoms. The SMILES string of the molecule is C[C@@H]1CN([C@H](C)CO)C(=O)c2cc(C#Cc3cccc(F)c3)cnc2O[C@@H]1CN(C)C(=O)C1CCOCC1. The minimum absolute atomic E-state index is 0.0546. The summed E-state index contributed by atoms with van der Waals surface area (Å²) < 4.78 is 25.2. The molecule has 3 heterocycles. The van der Waals surface area contributed by atoms with Crippen LogP contribution < -0.4 is 4.74 Å². The molecular formula is C29H34FN3O5. The zero-order chi connectivity index (χ0) is 27.2. The van der Waals surface area contributed by atoms with Gasteiger partial charge >= 0.3 is 0 Å². The number of halogens is 1. The molecule has 1 saturated heterocycles. The number of benzene rings is 1. The Balaban J connectivity index is 1.62. The highest BCUT2D eigenvalue weighted by Gasteiger charge is 2.35. The topological polar surface area (TPSA) is 92.2 Å². The standard InChI is InChI=1S/C29H34FN3O5/c1-19-16-33(20(2)18-34)29(36)25-14-22(8-7-21-5-4-6-24(30)13-21)15-31-27(25)38-26(19)17-32(3)28(35)23-9-11-37-12-10-23/h4-6,13-15,19-20,23,26,34H,9-12,16-18H2,1-3H3/t19-,20-,26-/m1/s1. The Kier molecular flexibility index (Phi) is 8.97. The van der Waals surface area contributed by atoms with Crippen molar-refractivity contribution in [2.24, 2.45) is 11.8 Å². The Bertz CT molecular complexity index is 1220. The number of amides is 2. The Morgan fingerprint density at radius 1 is 1.26 bits per heavy atom. The van der Waals surface area contributed by atoms with E-state index in [0.717, 1.165) is 0 Å². The average molecular weight is 524 g/mol. The summed E-state index contributed by atoms with van der Waals surface area (Å²) in [5.74, 6) is 5.13. The Hall–Kier alpha value is -3.48. The van der Waals surface area contributed by atoms with Gasteiger partial charge in [-0.2, -0.15) is 0 Å². The van der Waals surface area contributed by atoms with E-state index in [1.54, 1.807) is 42.0 Å². The molecule has 4 rings (SSSR count). The molecule has 0 aliphatic carbocycles. The number of carbonyl (C=O) groups excluding carboxylic acids is 2. The van der Waals surface area contributed by atoms with Crippen molar-refractivity contribution < 1.29 is 28.6 Å². The van der Waals surface area contributed by atoms with E-state index >= 15 is 0 Å². The highest BCUT2D eigenvalue weighted by atomic mass is 19.1. The first-order chi connectivity index (χ1) is 18.3. The zero-order valence-electron chi connectivity index (χ0n) is 22.0. The third kappa shape index (κ3) is 6.50. The van der Waals surface area contributed by atoms with Crippen molar-refractivity contribution in [1.82, 2.24) is 14.8 Å². The number of fused-ring (bicyclic) bond motifs is 1. The number of aliphatic hydroxyl groups is 1. The fourth-order valence-corrected chi connectivity index (χ4v) is 4.72. The lowest BCUT2D eigenvalue weighted by molar-refractivity contribution is -0.138. The predicted octanol–water partition coefficient (Wildman–Crippen LogP) is 2.73. The highest BCUT2D eigenvalue weighted by Crippen LogP contribution is 2.28. The average Bonchev–Trinajstić information content (AvgIpc) is 2.93. The van der Waals surface area contributed by atoms with Gasteiger partial charge in [0.2, 0.25) is 11.8 Å². The summed E-state index contributed by atoms with van der Waals surface area (Å²) in [5, 5.41) is 9.86. The van der Waals surface area contributed by atoms with E-state index in [0.29, 0.717) is 50.3 Å². The van der Waals surface area contributed by atoms with Crippen LogP contribution in [0.2, 0.25) is 0 Å². The van der Waals surface area contributed by atoms with Crippen molar-refractivity contribution in [2.75, 3.05) is 40.0 Å². The number of hydrogen-bond acceptors (Lipinski definition) is 6. The molecule has 0 unspecified atom stereocenters. The molecule has 8 nitrogen and oxygen atoms in total. The van der Waals surface area contributed by atoms with Crippen LogP contribution in [0.4, 0.5) is 4.39 Å². The van der Waals surface area contributed by atoms with Gasteiger partial charge in [-0.3, -0.25) is 9.59 Å². The van der Waals surface area contributed by atoms with Crippen molar-refractivity contribution in [2.45, 2.75) is 38.8 Å². The number of pyridine rings is 1. The van der Waals surface area contributed by atoms with E-state index in [1.807, 2.05) is 6.92 Å². The normalized spacial score (nSPS) is 20.8. The maximum absolute atomic E-state index is 13.6. The Morgan fingerprint density at radius 3 is 2.71 bits per heavy atom. The summed E-state index contributed by atoms with van der Waals surface area (Å²) in [5.41, 5.74) is 1.20. The maximum Gasteiger partial charge on any atom is 0.259 e. The van der Waals surface area contributed by atoms with Gasteiger partial charge in [-0.1, -0.05) is 24.8 Å². The molecule has 38 heavy (non-hydrogen) atoms. The molecule has 9 heteroatoms. The second-order valence-corrected chi connectivity index (χ2v) is 10.1. The van der Waals surface area contributed by atoms with Crippen molar-refractivity contribution in [3.05, 3.63) is 59.0 Å². The molecular weight excluding hydrogens is 489 g/mol. The van der Waals surface area contributed by atoms with Gasteiger partial charge in [0, 0.05) is 56.0 Å². The van der Waals surface area contributed by atoms with Gasteiger partial charge in [0.1, 0.15) is 17.5 Å². The first kappa shape index (κ1) is 27.6. The van der Waals surface area contributed by atoms with E-state index in [4.69, 9.17) is 9.47 Å². The van der Waals surface area contributed by atoms with Crippen LogP contribution in [0.3, 0.4) is 0 Å². The summed E-state index contributed by atoms with van der Waals surface area (Å²) in [4.78, 5) is 34.4. The Morgan fingerprint density at radius 2 is 2.00 bits per heavy atom. The minimum Gasteiger partial charge on any atom is -0.472 e. The summed E-state index contributed by atoms with van der Waals surface area (Å²) >= 11 is 0. The molecule has 2 aliphatic heterocycles. The van der Waals surface area contributed by atoms with Crippen LogP contribution in [0.25, 0.3) is 0 Å². The van der Waals surface area contributed by atoms with Crippen molar-refractivity contribution in [3.8, 4) is 17.7 Å². The second-order valence-electron chi connectivity index (χ2n) is 10.1. The number of ether oxygens (including phenoxy) is 2. The molecule has 2 amide bonds. The van der Waals surface area contributed by atoms with Crippen molar-refractivity contribution >= 4 is 11.8 Å². The number of aromatic nitrogens is 1. The van der Waals surface area contributed by atoms with Crippen LogP contribution in [0.1, 0.15) is 48.2 Å². The van der Waals surface area contributed by atoms with E-state index < -0.39 is 12.1 Å². The molecule has 2 aromatic rings. The summed E-state index contributed by atoms with van der Waals surface area (Å²) in [6.07, 6.45) is 2.48. The van der Waals surface area contributed by atoms with Crippen molar-refractivity contribution in [1.29, 1.82) is 0 Å². The minimum atomic E-state index is -0.430. The van der Waals surface area contributed by atoms with E-state index in [-0.39, 0.29) is 47.5 Å². The predicted molar refractivity (Wildman–Crippen MR) is 139 cm³/mol. The monoisotopic (exact) mass is 523 g/mol. The van der Waals surface area contributed by atoms with Gasteiger partial charge in [0.25, 0.3) is 5.91 Å². The quantitative estimate of drug-likeness (QED) is 0.606. The first-order valence-electron chi connectivity index (χ1n) is 13.0. The molecule has 0 bridgehead atoms. The summed E-state index contributed by atoms with van der Waals surface area (Å²) in [6.45, 7) is 5.37. The lowest BCUT2D eigenvalue weighted by Crippen LogP contribution is -2.51. The number of carbonyl (C=O) groups is 2. The smallest absolute Gasteiger partial charge is 0.259 e. The van der Waals surface area contributed by atoms with Crippen LogP contribution in [0.5, 0.6) is 5.88 Å². The van der Waals surface area contributed by atoms with E-state index in [2.05, 4.69) is 16.8 Å². The number of aliphatic hydroxyl groups excluding tert-OH is 1. The number of likely N-dealkylation sites (N-methyl/N-ethyl adjacent to an activating group) is 1. The third-order valence-electron chi connectivity index (χ3n) is 7.10. The van der Waals surface area contributed by atoms with Crippen LogP contribution in [0.15, 0.2) is 36.5 Å². The molecule has 1 aromatic carbocycles. The fourth-order valence-electron chi connectivity index (χ4n) is 4.72. The van der Waals surface area contributed by atoms with E-state index in [9.17, 15) is 19.1 Å². The van der Waals surface area contributed by atoms with Crippen LogP contribution in [-0.2, 0) is 9.53 Å². The number of hydrogen-bond donors (Lipinski definition) is 1. The molecule has 0 saturated carbocycles. The molecule has 3 atom stereocenters. The van der Waals surface area contributed by atoms with Crippen molar-refractivity contribution in [3.63, 3.8) is 0 Å². The third-order valence-corrected chi connectivity index (χ3v) is 7.10. The largest absolute Gasteiger partial charge is 0.472 e. The van der Waals surface area contributed by atoms with Crippen LogP contribution in [0, 0.1) is 29.5 Å². The molecule has 1 fully saturated rings. The second kappa shape index (κ2) is 12.4. The lowest BCUT2D eigenvalue weighted by Gasteiger charge is -2.38. The maximum atomic E-state index is 13.6. The molecule has 202 valence electrons. The molecule has 2 aliphatic rings. The Labute approximate surface area is 222 Å². The highest BCUT2D eigenvalue weighted by molar-refractivity contribution is 5.97. The molecule has 0 radical (unpaired) electrons. The molecule has 1 N–H and O–H groups in total. The molecule has 1 aromatic heterocycles. The summed E-state index contributed by atoms with van der Waals surface area (Å²) in [7, 11) is 1.77. The summed E-state index contributed by atoms with van der Waals surface area (Å²) in [6, 6.07) is 7.13. The van der Waals surface area contributed by atoms with Gasteiger partial charge in [-0.05, 0) is 44.0 Å². The van der Waals surface area contributed by atoms with Gasteiger partial charge in [-0.15, -0.1) is 0 Å². The number of rotatable bonds is 5. The van der Waals surface area contributed by atoms with Gasteiger partial charge in [0.05, 0.1) is 19.2 Å². The van der Waals surface area contributed by atoms with Gasteiger partial charge in [0.15, 0.2) is 0 Å². The van der Waals surface area contributed by atoms with Gasteiger partial charge in [-0.25, -0.2) is 9.37 Å². The zero-order valence-corrected chi connectivity index (χ0v) is 22.0. The van der Waals surface area contributed by atoms with Crippen LogP contribution in [-0.4, -0.2) is 83.8 Å². The van der Waals surface area contributed by atoms with E-state index in [1.165, 1.54) is 18.3 Å². The van der Waals surface area contributed by atoms with Crippen LogP contribution >= 0.6 is 0 Å². The lowest BCUT2D eigenvalue weighted by atomic mass is 9.97. The number of nitrogens with zero attached hydrogens (tertiary/aromatic N) is 3. The van der Waals surface area contributed by atoms with Gasteiger partial charge < -0.3 is 24.4 Å². The fraction of sp³-hybridized carbons (Fsp3) is 0.483. The first-order valence-corrected chi connectivity index (χ1v) is 13.0.